The molecule has 0 spiro atoms. The summed E-state index contributed by atoms with van der Waals surface area (Å²) in [6.07, 6.45) is 22.7. The smallest absolute Gasteiger partial charge is 0.305 e. The average Bonchev–Trinajstić information content (AvgIpc) is 2.65. The molecule has 156 valence electrons. The van der Waals surface area contributed by atoms with E-state index < -0.39 is 0 Å². The lowest BCUT2D eigenvalue weighted by Gasteiger charge is -2.10. The van der Waals surface area contributed by atoms with Crippen molar-refractivity contribution in [1.29, 1.82) is 0 Å². The number of esters is 1. The number of carbonyl (C=O) groups is 1. The highest BCUT2D eigenvalue weighted by Crippen LogP contribution is 2.15. The maximum atomic E-state index is 11.0. The van der Waals surface area contributed by atoms with Crippen molar-refractivity contribution in [2.75, 3.05) is 7.11 Å². The van der Waals surface area contributed by atoms with Gasteiger partial charge in [-0.05, 0) is 19.3 Å². The number of ether oxygens (including phenoxy) is 1. The fourth-order valence-electron chi connectivity index (χ4n) is 3.47. The van der Waals surface area contributed by atoms with Crippen LogP contribution in [0.2, 0.25) is 0 Å². The largest absolute Gasteiger partial charge is 0.469 e. The Bertz CT molecular complexity index is 291. The molecule has 0 aliphatic carbocycles. The standard InChI is InChI=1S/C23H46O3/c1-3-4-5-6-7-8-9-10-11-13-16-19-22(24)20-17-14-12-15-18-21-23(25)26-2/h22,24H,3-21H2,1-2H3/t22-/m1/s1. The van der Waals surface area contributed by atoms with Crippen LogP contribution in [0.25, 0.3) is 0 Å². The first-order chi connectivity index (χ1) is 12.7. The maximum absolute atomic E-state index is 11.0. The first-order valence-corrected chi connectivity index (χ1v) is 11.5. The lowest BCUT2D eigenvalue weighted by molar-refractivity contribution is -0.140. The molecule has 0 aliphatic heterocycles. The summed E-state index contributed by atoms with van der Waals surface area (Å²) in [7, 11) is 1.44. The zero-order chi connectivity index (χ0) is 19.3. The first kappa shape index (κ1) is 25.4. The van der Waals surface area contributed by atoms with Crippen molar-refractivity contribution in [1.82, 2.24) is 0 Å². The SMILES string of the molecule is CCCCCCCCCCCCC[C@@H](O)CCCCCCCC(=O)OC. The number of hydrogen-bond acceptors (Lipinski definition) is 3. The fraction of sp³-hybridized carbons (Fsp3) is 0.957. The molecule has 0 heterocycles. The van der Waals surface area contributed by atoms with Gasteiger partial charge in [-0.25, -0.2) is 0 Å². The van der Waals surface area contributed by atoms with E-state index >= 15 is 0 Å². The number of aliphatic hydroxyl groups excluding tert-OH is 1. The maximum Gasteiger partial charge on any atom is 0.305 e. The number of aliphatic hydroxyl groups is 1. The lowest BCUT2D eigenvalue weighted by Crippen LogP contribution is -2.06. The van der Waals surface area contributed by atoms with Gasteiger partial charge in [-0.1, -0.05) is 103 Å². The highest BCUT2D eigenvalue weighted by Gasteiger charge is 2.04. The first-order valence-electron chi connectivity index (χ1n) is 11.5. The van der Waals surface area contributed by atoms with Crippen LogP contribution in [-0.4, -0.2) is 24.3 Å². The molecule has 0 fully saturated rings. The molecule has 3 nitrogen and oxygen atoms in total. The molecular weight excluding hydrogens is 324 g/mol. The van der Waals surface area contributed by atoms with Gasteiger partial charge in [0, 0.05) is 6.42 Å². The van der Waals surface area contributed by atoms with Crippen molar-refractivity contribution in [2.24, 2.45) is 0 Å². The van der Waals surface area contributed by atoms with E-state index in [1.807, 2.05) is 0 Å². The van der Waals surface area contributed by atoms with Crippen LogP contribution in [0.5, 0.6) is 0 Å². The summed E-state index contributed by atoms with van der Waals surface area (Å²) >= 11 is 0. The number of unbranched alkanes of at least 4 members (excludes halogenated alkanes) is 14. The summed E-state index contributed by atoms with van der Waals surface area (Å²) in [5.41, 5.74) is 0. The highest BCUT2D eigenvalue weighted by atomic mass is 16.5. The van der Waals surface area contributed by atoms with Gasteiger partial charge >= 0.3 is 5.97 Å². The van der Waals surface area contributed by atoms with E-state index in [9.17, 15) is 9.90 Å². The summed E-state index contributed by atoms with van der Waals surface area (Å²) in [4.78, 5) is 11.0. The summed E-state index contributed by atoms with van der Waals surface area (Å²) in [6, 6.07) is 0. The Balaban J connectivity index is 3.17. The van der Waals surface area contributed by atoms with Crippen LogP contribution in [-0.2, 0) is 9.53 Å². The van der Waals surface area contributed by atoms with E-state index in [1.54, 1.807) is 0 Å². The highest BCUT2D eigenvalue weighted by molar-refractivity contribution is 5.68. The molecule has 0 aromatic heterocycles. The summed E-state index contributed by atoms with van der Waals surface area (Å²) in [5.74, 6) is -0.104. The molecule has 0 bridgehead atoms. The van der Waals surface area contributed by atoms with Crippen molar-refractivity contribution in [3.8, 4) is 0 Å². The van der Waals surface area contributed by atoms with E-state index in [0.717, 1.165) is 44.9 Å². The Morgan fingerprint density at radius 3 is 1.50 bits per heavy atom. The van der Waals surface area contributed by atoms with Gasteiger partial charge in [-0.3, -0.25) is 4.79 Å². The molecule has 0 aliphatic rings. The van der Waals surface area contributed by atoms with Crippen LogP contribution >= 0.6 is 0 Å². The molecule has 0 aromatic carbocycles. The molecule has 0 aromatic rings. The van der Waals surface area contributed by atoms with Gasteiger partial charge in [0.25, 0.3) is 0 Å². The quantitative estimate of drug-likeness (QED) is 0.186. The zero-order valence-corrected chi connectivity index (χ0v) is 17.8. The number of methoxy groups -OCH3 is 1. The van der Waals surface area contributed by atoms with Gasteiger partial charge in [-0.15, -0.1) is 0 Å². The molecular formula is C23H46O3. The number of rotatable bonds is 20. The van der Waals surface area contributed by atoms with Gasteiger partial charge in [0.2, 0.25) is 0 Å². The average molecular weight is 371 g/mol. The van der Waals surface area contributed by atoms with E-state index in [1.165, 1.54) is 77.7 Å². The molecule has 3 heteroatoms. The van der Waals surface area contributed by atoms with Gasteiger partial charge in [0.1, 0.15) is 0 Å². The monoisotopic (exact) mass is 370 g/mol. The van der Waals surface area contributed by atoms with Crippen LogP contribution in [0.4, 0.5) is 0 Å². The van der Waals surface area contributed by atoms with Crippen LogP contribution in [0.15, 0.2) is 0 Å². The van der Waals surface area contributed by atoms with Crippen LogP contribution in [0.1, 0.15) is 129 Å². The van der Waals surface area contributed by atoms with Gasteiger partial charge in [0.05, 0.1) is 13.2 Å². The van der Waals surface area contributed by atoms with Crippen LogP contribution in [0, 0.1) is 0 Å². The predicted molar refractivity (Wildman–Crippen MR) is 111 cm³/mol. The third-order valence-corrected chi connectivity index (χ3v) is 5.29. The van der Waals surface area contributed by atoms with Crippen molar-refractivity contribution < 1.29 is 14.6 Å². The van der Waals surface area contributed by atoms with E-state index in [4.69, 9.17) is 0 Å². The molecule has 0 radical (unpaired) electrons. The normalized spacial score (nSPS) is 12.3. The number of hydrogen-bond donors (Lipinski definition) is 1. The fourth-order valence-corrected chi connectivity index (χ4v) is 3.47. The molecule has 0 amide bonds. The Morgan fingerprint density at radius 2 is 1.08 bits per heavy atom. The lowest BCUT2D eigenvalue weighted by atomic mass is 10.0. The third kappa shape index (κ3) is 19.8. The zero-order valence-electron chi connectivity index (χ0n) is 17.8. The molecule has 0 unspecified atom stereocenters. The molecule has 0 saturated carbocycles. The van der Waals surface area contributed by atoms with Crippen LogP contribution in [0.3, 0.4) is 0 Å². The molecule has 0 saturated heterocycles. The molecule has 0 rings (SSSR count). The number of carbonyl (C=O) groups excluding carboxylic acids is 1. The predicted octanol–water partition coefficient (Wildman–Crippen LogP) is 6.95. The second kappa shape index (κ2) is 20.7. The van der Waals surface area contributed by atoms with Crippen LogP contribution < -0.4 is 0 Å². The third-order valence-electron chi connectivity index (χ3n) is 5.29. The second-order valence-corrected chi connectivity index (χ2v) is 7.86. The summed E-state index contributed by atoms with van der Waals surface area (Å²) in [6.45, 7) is 2.27. The van der Waals surface area contributed by atoms with Crippen molar-refractivity contribution in [2.45, 2.75) is 135 Å². The minimum absolute atomic E-state index is 0.104. The topological polar surface area (TPSA) is 46.5 Å². The minimum atomic E-state index is -0.108. The Morgan fingerprint density at radius 1 is 0.692 bits per heavy atom. The molecule has 26 heavy (non-hydrogen) atoms. The van der Waals surface area contributed by atoms with Gasteiger partial charge < -0.3 is 9.84 Å². The Labute approximate surface area is 163 Å². The Kier molecular flexibility index (Phi) is 20.3. The van der Waals surface area contributed by atoms with E-state index in [2.05, 4.69) is 11.7 Å². The summed E-state index contributed by atoms with van der Waals surface area (Å²) < 4.78 is 4.63. The molecule has 1 atom stereocenters. The second-order valence-electron chi connectivity index (χ2n) is 7.86. The van der Waals surface area contributed by atoms with Crippen molar-refractivity contribution in [3.05, 3.63) is 0 Å². The summed E-state index contributed by atoms with van der Waals surface area (Å²) in [5, 5.41) is 10.0. The van der Waals surface area contributed by atoms with E-state index in [-0.39, 0.29) is 12.1 Å². The van der Waals surface area contributed by atoms with E-state index in [0.29, 0.717) is 6.42 Å². The van der Waals surface area contributed by atoms with Crippen molar-refractivity contribution in [3.63, 3.8) is 0 Å². The minimum Gasteiger partial charge on any atom is -0.469 e. The Hall–Kier alpha value is -0.570. The van der Waals surface area contributed by atoms with Crippen molar-refractivity contribution >= 4 is 5.97 Å². The van der Waals surface area contributed by atoms with Gasteiger partial charge in [-0.2, -0.15) is 0 Å². The molecule has 1 N–H and O–H groups in total. The van der Waals surface area contributed by atoms with Gasteiger partial charge in [0.15, 0.2) is 0 Å².